The first-order chi connectivity index (χ1) is 15.5. The molecule has 0 bridgehead atoms. The maximum atomic E-state index is 10.1. The maximum absolute atomic E-state index is 10.1. The molecule has 32 heavy (non-hydrogen) atoms. The zero-order valence-corrected chi connectivity index (χ0v) is 17.3. The van der Waals surface area contributed by atoms with Gasteiger partial charge in [0.05, 0.1) is 11.4 Å². The molecule has 4 heteroatoms. The van der Waals surface area contributed by atoms with Crippen LogP contribution in [-0.2, 0) is 11.8 Å². The molecule has 0 amide bonds. The molecule has 0 fully saturated rings. The van der Waals surface area contributed by atoms with Crippen LogP contribution in [0.15, 0.2) is 84.9 Å². The van der Waals surface area contributed by atoms with Gasteiger partial charge in [0.2, 0.25) is 0 Å². The number of hydrogen-bond donors (Lipinski definition) is 4. The molecule has 1 aliphatic carbocycles. The van der Waals surface area contributed by atoms with Gasteiger partial charge < -0.3 is 21.7 Å². The summed E-state index contributed by atoms with van der Waals surface area (Å²) in [5.74, 6) is 0.122. The van der Waals surface area contributed by atoms with Gasteiger partial charge in [-0.15, -0.1) is 0 Å². The van der Waals surface area contributed by atoms with Crippen molar-refractivity contribution in [2.24, 2.45) is 0 Å². The highest BCUT2D eigenvalue weighted by atomic mass is 16.3. The van der Waals surface area contributed by atoms with Gasteiger partial charge in [-0.1, -0.05) is 60.7 Å². The number of benzene rings is 5. The van der Waals surface area contributed by atoms with Gasteiger partial charge >= 0.3 is 0 Å². The molecule has 6 rings (SSSR count). The van der Waals surface area contributed by atoms with E-state index in [1.807, 2.05) is 24.3 Å². The lowest BCUT2D eigenvalue weighted by molar-refractivity contribution is 0.476. The van der Waals surface area contributed by atoms with E-state index in [0.717, 1.165) is 16.7 Å². The molecule has 0 spiro atoms. The molecule has 0 aliphatic heterocycles. The van der Waals surface area contributed by atoms with E-state index in [1.165, 1.54) is 27.1 Å². The van der Waals surface area contributed by atoms with Crippen LogP contribution in [0, 0.1) is 0 Å². The minimum atomic E-state index is -0.591. The molecule has 4 nitrogen and oxygen atoms in total. The van der Waals surface area contributed by atoms with Crippen molar-refractivity contribution in [3.63, 3.8) is 0 Å². The number of phenolic OH excluding ortho intramolecular Hbond substituents is 2. The van der Waals surface area contributed by atoms with Crippen molar-refractivity contribution in [3.05, 3.63) is 107 Å². The Hall–Kier alpha value is -4.18. The van der Waals surface area contributed by atoms with Crippen LogP contribution in [0.2, 0.25) is 0 Å². The van der Waals surface area contributed by atoms with Gasteiger partial charge in [0.15, 0.2) is 0 Å². The molecule has 0 unspecified atom stereocenters. The largest absolute Gasteiger partial charge is 0.506 e. The number of nitrogen functional groups attached to an aromatic ring is 2. The molecule has 5 aromatic rings. The summed E-state index contributed by atoms with van der Waals surface area (Å²) in [5, 5.41) is 25.1. The number of anilines is 2. The Morgan fingerprint density at radius 2 is 1.19 bits per heavy atom. The zero-order chi connectivity index (χ0) is 22.0. The van der Waals surface area contributed by atoms with E-state index in [1.54, 1.807) is 12.1 Å². The quantitative estimate of drug-likeness (QED) is 0.174. The van der Waals surface area contributed by atoms with Crippen LogP contribution < -0.4 is 11.5 Å². The highest BCUT2D eigenvalue weighted by Gasteiger charge is 2.41. The first kappa shape index (κ1) is 18.6. The van der Waals surface area contributed by atoms with Crippen molar-refractivity contribution >= 4 is 32.9 Å². The van der Waals surface area contributed by atoms with E-state index >= 15 is 0 Å². The van der Waals surface area contributed by atoms with Crippen LogP contribution in [0.3, 0.4) is 0 Å². The summed E-state index contributed by atoms with van der Waals surface area (Å²) in [4.78, 5) is 0. The monoisotopic (exact) mass is 418 g/mol. The first-order valence-electron chi connectivity index (χ1n) is 10.6. The molecule has 156 valence electrons. The van der Waals surface area contributed by atoms with Crippen LogP contribution in [0.1, 0.15) is 22.3 Å². The van der Waals surface area contributed by atoms with Crippen LogP contribution in [-0.4, -0.2) is 10.2 Å². The Balaban J connectivity index is 1.81. The Morgan fingerprint density at radius 3 is 1.78 bits per heavy atom. The van der Waals surface area contributed by atoms with Crippen molar-refractivity contribution in [1.29, 1.82) is 0 Å². The minimum Gasteiger partial charge on any atom is -0.506 e. The Labute approximate surface area is 185 Å². The Bertz CT molecular complexity index is 1500. The van der Waals surface area contributed by atoms with Gasteiger partial charge in [-0.3, -0.25) is 0 Å². The molecule has 0 heterocycles. The van der Waals surface area contributed by atoms with E-state index in [9.17, 15) is 10.2 Å². The van der Waals surface area contributed by atoms with Crippen LogP contribution in [0.25, 0.3) is 21.5 Å². The average Bonchev–Trinajstić information content (AvgIpc) is 2.81. The van der Waals surface area contributed by atoms with Gasteiger partial charge in [-0.05, 0) is 74.5 Å². The predicted octanol–water partition coefficient (Wildman–Crippen LogP) is 5.46. The summed E-state index contributed by atoms with van der Waals surface area (Å²) in [6.07, 6.45) is 0.703. The molecule has 0 atom stereocenters. The third kappa shape index (κ3) is 2.38. The molecule has 6 N–H and O–H groups in total. The van der Waals surface area contributed by atoms with E-state index < -0.39 is 5.41 Å². The second kappa shape index (κ2) is 6.41. The molecule has 0 aromatic heterocycles. The van der Waals surface area contributed by atoms with Crippen molar-refractivity contribution in [2.75, 3.05) is 11.5 Å². The van der Waals surface area contributed by atoms with Crippen molar-refractivity contribution in [1.82, 2.24) is 0 Å². The van der Waals surface area contributed by atoms with Gasteiger partial charge in [-0.25, -0.2) is 0 Å². The fourth-order valence-electron chi connectivity index (χ4n) is 5.44. The highest BCUT2D eigenvalue weighted by molar-refractivity contribution is 6.12. The summed E-state index contributed by atoms with van der Waals surface area (Å²) in [6, 6.07) is 28.0. The summed E-state index contributed by atoms with van der Waals surface area (Å²) >= 11 is 0. The molecular weight excluding hydrogens is 396 g/mol. The van der Waals surface area contributed by atoms with Crippen LogP contribution in [0.4, 0.5) is 11.4 Å². The second-order valence-corrected chi connectivity index (χ2v) is 8.61. The topological polar surface area (TPSA) is 92.5 Å². The Kier molecular flexibility index (Phi) is 3.72. The van der Waals surface area contributed by atoms with Gasteiger partial charge in [0, 0.05) is 5.41 Å². The molecule has 5 aromatic carbocycles. The van der Waals surface area contributed by atoms with Crippen molar-refractivity contribution in [3.8, 4) is 11.5 Å². The molecule has 0 saturated heterocycles. The van der Waals surface area contributed by atoms with E-state index in [4.69, 9.17) is 11.5 Å². The maximum Gasteiger partial charge on any atom is 0.138 e. The number of phenols is 2. The summed E-state index contributed by atoms with van der Waals surface area (Å²) in [7, 11) is 0. The third-order valence-corrected chi connectivity index (χ3v) is 6.93. The predicted molar refractivity (Wildman–Crippen MR) is 130 cm³/mol. The molecule has 0 saturated carbocycles. The Morgan fingerprint density at radius 1 is 0.625 bits per heavy atom. The molecule has 1 aliphatic rings. The summed E-state index contributed by atoms with van der Waals surface area (Å²) < 4.78 is 0. The lowest BCUT2D eigenvalue weighted by Gasteiger charge is -2.40. The fourth-order valence-corrected chi connectivity index (χ4v) is 5.44. The second-order valence-electron chi connectivity index (χ2n) is 8.61. The number of hydrogen-bond acceptors (Lipinski definition) is 4. The average molecular weight is 418 g/mol. The lowest BCUT2D eigenvalue weighted by atomic mass is 9.61. The minimum absolute atomic E-state index is 0.0608. The van der Waals surface area contributed by atoms with Crippen molar-refractivity contribution < 1.29 is 10.2 Å². The summed E-state index contributed by atoms with van der Waals surface area (Å²) in [5.41, 5.74) is 16.8. The van der Waals surface area contributed by atoms with Gasteiger partial charge in [0.25, 0.3) is 0 Å². The number of aromatic hydroxyl groups is 2. The van der Waals surface area contributed by atoms with Gasteiger partial charge in [-0.2, -0.15) is 0 Å². The SMILES string of the molecule is Nc1cc(C2(c3ccc(O)c(N)c3)Cc3cccc4ccc5cccc2c5c34)ccc1O. The van der Waals surface area contributed by atoms with E-state index in [0.29, 0.717) is 17.8 Å². The lowest BCUT2D eigenvalue weighted by Crippen LogP contribution is -2.34. The fraction of sp³-hybridized carbons (Fsp3) is 0.0714. The molecular formula is C28H22N2O2. The van der Waals surface area contributed by atoms with E-state index in [-0.39, 0.29) is 11.5 Å². The zero-order valence-electron chi connectivity index (χ0n) is 17.3. The highest BCUT2D eigenvalue weighted by Crippen LogP contribution is 2.52. The van der Waals surface area contributed by atoms with Crippen LogP contribution in [0.5, 0.6) is 11.5 Å². The first-order valence-corrected chi connectivity index (χ1v) is 10.6. The summed E-state index contributed by atoms with van der Waals surface area (Å²) in [6.45, 7) is 0. The number of nitrogens with two attached hydrogens (primary N) is 2. The smallest absolute Gasteiger partial charge is 0.138 e. The third-order valence-electron chi connectivity index (χ3n) is 6.93. The number of rotatable bonds is 2. The molecule has 0 radical (unpaired) electrons. The van der Waals surface area contributed by atoms with Gasteiger partial charge in [0.1, 0.15) is 11.5 Å². The van der Waals surface area contributed by atoms with Crippen molar-refractivity contribution in [2.45, 2.75) is 11.8 Å². The normalized spacial score (nSPS) is 14.2. The van der Waals surface area contributed by atoms with E-state index in [2.05, 4.69) is 48.5 Å². The van der Waals surface area contributed by atoms with Crippen LogP contribution >= 0.6 is 0 Å². The standard InChI is InChI=1S/C28H22N2O2/c29-22-13-19(9-11-24(22)31)28(20-10-12-25(32)23(30)14-20)15-18-5-1-3-16-7-8-17-4-2-6-21(28)27(17)26(16)18/h1-14,31-32H,15,29-30H2.